The Morgan fingerprint density at radius 1 is 0.480 bits per heavy atom. The van der Waals surface area contributed by atoms with Crippen molar-refractivity contribution in [1.82, 2.24) is 0 Å². The van der Waals surface area contributed by atoms with Gasteiger partial charge in [0, 0.05) is 12.8 Å². The Hall–Kier alpha value is -1.26. The molecule has 0 spiro atoms. The lowest BCUT2D eigenvalue weighted by Gasteiger charge is -2.18. The van der Waals surface area contributed by atoms with Gasteiger partial charge >= 0.3 is 11.9 Å². The summed E-state index contributed by atoms with van der Waals surface area (Å²) in [7, 11) is 0. The molecule has 1 atom stereocenters. The van der Waals surface area contributed by atoms with Crippen LogP contribution in [0.1, 0.15) is 245 Å². The van der Waals surface area contributed by atoms with Gasteiger partial charge in [0.05, 0.1) is 17.8 Å². The second kappa shape index (κ2) is 40.5. The zero-order valence-electron chi connectivity index (χ0n) is 33.6. The van der Waals surface area contributed by atoms with Gasteiger partial charge in [-0.25, -0.2) is 4.99 Å². The fraction of sp³-hybridized carbons (Fsp3) is 0.932. The van der Waals surface area contributed by atoms with Crippen molar-refractivity contribution in [2.45, 2.75) is 258 Å². The molecule has 0 aromatic carbocycles. The van der Waals surface area contributed by atoms with Crippen molar-refractivity contribution in [2.24, 2.45) is 4.99 Å². The van der Waals surface area contributed by atoms with Gasteiger partial charge in [-0.3, -0.25) is 9.59 Å². The largest absolute Gasteiger partial charge is 0.466 e. The van der Waals surface area contributed by atoms with Gasteiger partial charge in [-0.15, -0.1) is 0 Å². The summed E-state index contributed by atoms with van der Waals surface area (Å²) in [4.78, 5) is 29.2. The lowest BCUT2D eigenvalue weighted by molar-refractivity contribution is -0.150. The van der Waals surface area contributed by atoms with Crippen molar-refractivity contribution in [3.05, 3.63) is 0 Å². The van der Waals surface area contributed by atoms with Gasteiger partial charge < -0.3 is 9.47 Å². The Labute approximate surface area is 316 Å². The second-order valence-electron chi connectivity index (χ2n) is 15.1. The van der Waals surface area contributed by atoms with E-state index in [4.69, 9.17) is 21.7 Å². The summed E-state index contributed by atoms with van der Waals surface area (Å²) in [6.45, 7) is 7.35. The van der Waals surface area contributed by atoms with Crippen LogP contribution in [0.3, 0.4) is 0 Å². The molecule has 0 heterocycles. The first-order valence-electron chi connectivity index (χ1n) is 22.0. The van der Waals surface area contributed by atoms with Crippen molar-refractivity contribution in [3.8, 4) is 0 Å². The van der Waals surface area contributed by atoms with Gasteiger partial charge in [-0.05, 0) is 70.0 Å². The molecule has 0 aromatic heterocycles. The molecule has 1 unspecified atom stereocenters. The summed E-state index contributed by atoms with van der Waals surface area (Å²) in [5.41, 5.74) is 0. The lowest BCUT2D eigenvalue weighted by Crippen LogP contribution is -2.18. The number of carbonyl (C=O) groups excluding carboxylic acids is 2. The summed E-state index contributed by atoms with van der Waals surface area (Å²) in [5, 5.41) is 2.60. The molecule has 0 saturated carbocycles. The normalized spacial score (nSPS) is 11.8. The molecule has 0 aliphatic rings. The summed E-state index contributed by atoms with van der Waals surface area (Å²) in [5.74, 6) is -0.0399. The minimum atomic E-state index is -0.0487. The Bertz CT molecular complexity index is 768. The summed E-state index contributed by atoms with van der Waals surface area (Å²) in [6, 6.07) is 0.233. The van der Waals surface area contributed by atoms with E-state index in [-0.39, 0.29) is 24.1 Å². The smallest absolute Gasteiger partial charge is 0.306 e. The summed E-state index contributed by atoms with van der Waals surface area (Å²) < 4.78 is 11.5. The van der Waals surface area contributed by atoms with E-state index in [1.807, 2.05) is 0 Å². The van der Waals surface area contributed by atoms with Gasteiger partial charge in [0.2, 0.25) is 0 Å². The fourth-order valence-electron chi connectivity index (χ4n) is 6.84. The Kier molecular flexibility index (Phi) is 39.5. The molecular formula is C44H83NO4S. The van der Waals surface area contributed by atoms with Crippen molar-refractivity contribution in [2.75, 3.05) is 6.61 Å². The monoisotopic (exact) mass is 722 g/mol. The average Bonchev–Trinajstić information content (AvgIpc) is 3.11. The van der Waals surface area contributed by atoms with E-state index in [1.165, 1.54) is 122 Å². The van der Waals surface area contributed by atoms with Gasteiger partial charge in [-0.2, -0.15) is 0 Å². The summed E-state index contributed by atoms with van der Waals surface area (Å²) >= 11 is 4.92. The van der Waals surface area contributed by atoms with Crippen LogP contribution in [0.5, 0.6) is 0 Å². The van der Waals surface area contributed by atoms with E-state index >= 15 is 0 Å². The van der Waals surface area contributed by atoms with Crippen LogP contribution in [-0.2, 0) is 19.1 Å². The van der Waals surface area contributed by atoms with Crippen molar-refractivity contribution in [1.29, 1.82) is 0 Å². The molecule has 0 aliphatic heterocycles. The van der Waals surface area contributed by atoms with E-state index < -0.39 is 0 Å². The van der Waals surface area contributed by atoms with E-state index in [2.05, 4.69) is 30.9 Å². The molecule has 0 saturated heterocycles. The van der Waals surface area contributed by atoms with Gasteiger partial charge in [0.1, 0.15) is 6.10 Å². The van der Waals surface area contributed by atoms with E-state index in [0.29, 0.717) is 19.4 Å². The Morgan fingerprint density at radius 3 is 1.30 bits per heavy atom. The molecule has 0 amide bonds. The number of isothiocyanates is 1. The van der Waals surface area contributed by atoms with Crippen molar-refractivity contribution < 1.29 is 19.1 Å². The van der Waals surface area contributed by atoms with Crippen LogP contribution in [0.4, 0.5) is 0 Å². The zero-order chi connectivity index (χ0) is 36.6. The highest BCUT2D eigenvalue weighted by Crippen LogP contribution is 2.19. The third-order valence-corrected chi connectivity index (χ3v) is 10.2. The average molecular weight is 722 g/mol. The number of nitrogens with zero attached hydrogens (tertiary/aromatic N) is 1. The van der Waals surface area contributed by atoms with Crippen LogP contribution in [-0.4, -0.2) is 35.9 Å². The zero-order valence-corrected chi connectivity index (χ0v) is 34.4. The van der Waals surface area contributed by atoms with Crippen LogP contribution in [0.25, 0.3) is 0 Å². The highest BCUT2D eigenvalue weighted by molar-refractivity contribution is 7.78. The molecule has 0 N–H and O–H groups in total. The number of carbonyl (C=O) groups is 2. The number of ether oxygens (including phenoxy) is 2. The molecule has 294 valence electrons. The highest BCUT2D eigenvalue weighted by atomic mass is 32.1. The maximum Gasteiger partial charge on any atom is 0.306 e. The number of aliphatic imine (C=N–C) groups is 1. The quantitative estimate of drug-likeness (QED) is 0.0273. The number of thiocarbonyl (C=S) groups is 1. The van der Waals surface area contributed by atoms with Crippen molar-refractivity contribution >= 4 is 29.3 Å². The molecule has 0 fully saturated rings. The number of hydrogen-bond acceptors (Lipinski definition) is 6. The molecule has 5 nitrogen and oxygen atoms in total. The first kappa shape index (κ1) is 48.7. The molecule has 0 aromatic rings. The van der Waals surface area contributed by atoms with E-state index in [1.54, 1.807) is 0 Å². The molecule has 0 bridgehead atoms. The fourth-order valence-corrected chi connectivity index (χ4v) is 6.99. The molecule has 0 aliphatic carbocycles. The molecule has 0 radical (unpaired) electrons. The van der Waals surface area contributed by atoms with Crippen LogP contribution in [0, 0.1) is 0 Å². The standard InChI is InChI=1S/C44H83NO4S/c1-4-7-10-13-16-17-18-24-32-39-48-43(46)37-31-25-27-34-41(45-40-50)33-26-20-19-23-30-38-44(47)49-42(35-28-21-14-11-8-5-2)36-29-22-15-12-9-6-3/h41-42H,4-39H2,1-3H3. The Morgan fingerprint density at radius 2 is 0.840 bits per heavy atom. The maximum absolute atomic E-state index is 12.7. The lowest BCUT2D eigenvalue weighted by atomic mass is 10.0. The molecule has 6 heteroatoms. The maximum atomic E-state index is 12.7. The molecular weight excluding hydrogens is 639 g/mol. The number of unbranched alkanes of at least 4 members (excludes halogenated alkanes) is 24. The van der Waals surface area contributed by atoms with Crippen LogP contribution < -0.4 is 0 Å². The topological polar surface area (TPSA) is 65.0 Å². The summed E-state index contributed by atoms with van der Waals surface area (Å²) in [6.07, 6.45) is 40.5. The first-order valence-corrected chi connectivity index (χ1v) is 22.4. The third-order valence-electron chi connectivity index (χ3n) is 10.1. The predicted molar refractivity (Wildman–Crippen MR) is 218 cm³/mol. The van der Waals surface area contributed by atoms with Crippen LogP contribution in [0.2, 0.25) is 0 Å². The SMILES string of the molecule is CCCCCCCCCCCOC(=O)CCCCCC(CCCCCCCC(=O)OC(CCCCCCCC)CCCCCCCC)N=C=S. The number of hydrogen-bond donors (Lipinski definition) is 0. The minimum Gasteiger partial charge on any atom is -0.466 e. The minimum absolute atomic E-state index is 0.00872. The van der Waals surface area contributed by atoms with Gasteiger partial charge in [0.25, 0.3) is 0 Å². The van der Waals surface area contributed by atoms with E-state index in [9.17, 15) is 9.59 Å². The van der Waals surface area contributed by atoms with Crippen LogP contribution in [0.15, 0.2) is 4.99 Å². The predicted octanol–water partition coefficient (Wildman–Crippen LogP) is 14.6. The van der Waals surface area contributed by atoms with Gasteiger partial charge in [0.15, 0.2) is 0 Å². The Balaban J connectivity index is 3.97. The van der Waals surface area contributed by atoms with E-state index in [0.717, 1.165) is 89.9 Å². The molecule has 50 heavy (non-hydrogen) atoms. The first-order chi connectivity index (χ1) is 24.6. The third kappa shape index (κ3) is 36.5. The van der Waals surface area contributed by atoms with Crippen molar-refractivity contribution in [3.63, 3.8) is 0 Å². The van der Waals surface area contributed by atoms with Gasteiger partial charge in [-0.1, -0.05) is 175 Å². The molecule has 0 rings (SSSR count). The van der Waals surface area contributed by atoms with Crippen LogP contribution >= 0.6 is 12.2 Å². The number of rotatable bonds is 40. The number of esters is 2. The highest BCUT2D eigenvalue weighted by Gasteiger charge is 2.14. The second-order valence-corrected chi connectivity index (χ2v) is 15.2.